The lowest BCUT2D eigenvalue weighted by Crippen LogP contribution is -2.44. The number of sulfonamides is 1. The Balaban J connectivity index is 0.00000200. The van der Waals surface area contributed by atoms with Gasteiger partial charge in [0.2, 0.25) is 0 Å². The van der Waals surface area contributed by atoms with Crippen LogP contribution in [0.2, 0.25) is 0 Å². The van der Waals surface area contributed by atoms with E-state index < -0.39 is 10.0 Å². The van der Waals surface area contributed by atoms with Gasteiger partial charge in [0.1, 0.15) is 0 Å². The van der Waals surface area contributed by atoms with Crippen LogP contribution in [0.1, 0.15) is 11.4 Å². The average Bonchev–Trinajstić information content (AvgIpc) is 2.84. The van der Waals surface area contributed by atoms with Crippen molar-refractivity contribution in [3.8, 4) is 0 Å². The Bertz CT molecular complexity index is 504. The lowest BCUT2D eigenvalue weighted by Gasteiger charge is -2.26. The normalized spacial score (nSPS) is 16.0. The molecule has 1 aliphatic heterocycles. The second-order valence-corrected chi connectivity index (χ2v) is 7.77. The molecule has 0 spiro atoms. The SMILES string of the molecule is Cc1ncc(S(=O)(=O)NCCCN2CCNCC2)s1.Cl.Cl. The summed E-state index contributed by atoms with van der Waals surface area (Å²) >= 11 is 1.20. The van der Waals surface area contributed by atoms with Crippen LogP contribution >= 0.6 is 36.2 Å². The van der Waals surface area contributed by atoms with E-state index in [1.165, 1.54) is 17.5 Å². The molecule has 1 aromatic rings. The van der Waals surface area contributed by atoms with E-state index in [2.05, 4.69) is 19.9 Å². The Morgan fingerprint density at radius 1 is 1.38 bits per heavy atom. The third-order valence-corrected chi connectivity index (χ3v) is 5.85. The van der Waals surface area contributed by atoms with Crippen molar-refractivity contribution in [3.05, 3.63) is 11.2 Å². The maximum Gasteiger partial charge on any atom is 0.251 e. The molecule has 2 heterocycles. The number of aryl methyl sites for hydroxylation is 1. The lowest BCUT2D eigenvalue weighted by atomic mass is 10.3. The number of halogens is 2. The van der Waals surface area contributed by atoms with E-state index in [9.17, 15) is 8.42 Å². The van der Waals surface area contributed by atoms with E-state index in [1.54, 1.807) is 6.92 Å². The minimum atomic E-state index is -3.37. The fraction of sp³-hybridized carbons (Fsp3) is 0.727. The Morgan fingerprint density at radius 2 is 2.05 bits per heavy atom. The number of aromatic nitrogens is 1. The van der Waals surface area contributed by atoms with E-state index in [0.717, 1.165) is 44.2 Å². The zero-order valence-corrected chi connectivity index (χ0v) is 15.1. The maximum atomic E-state index is 11.9. The molecule has 10 heteroatoms. The van der Waals surface area contributed by atoms with Gasteiger partial charge in [0.05, 0.1) is 11.2 Å². The van der Waals surface area contributed by atoms with E-state index in [-0.39, 0.29) is 24.8 Å². The second kappa shape index (κ2) is 9.94. The zero-order chi connectivity index (χ0) is 13.7. The van der Waals surface area contributed by atoms with Gasteiger partial charge in [-0.25, -0.2) is 18.1 Å². The highest BCUT2D eigenvalue weighted by molar-refractivity contribution is 7.91. The molecule has 0 saturated carbocycles. The smallest absolute Gasteiger partial charge is 0.251 e. The molecule has 0 atom stereocenters. The summed E-state index contributed by atoms with van der Waals surface area (Å²) in [6.07, 6.45) is 2.25. The number of piperazine rings is 1. The molecule has 0 aromatic carbocycles. The molecule has 1 aromatic heterocycles. The summed E-state index contributed by atoms with van der Waals surface area (Å²) in [6, 6.07) is 0. The van der Waals surface area contributed by atoms with Gasteiger partial charge in [0.15, 0.2) is 4.21 Å². The predicted octanol–water partition coefficient (Wildman–Crippen LogP) is 0.869. The van der Waals surface area contributed by atoms with E-state index >= 15 is 0 Å². The van der Waals surface area contributed by atoms with Gasteiger partial charge < -0.3 is 10.2 Å². The van der Waals surface area contributed by atoms with E-state index in [4.69, 9.17) is 0 Å². The first-order valence-electron chi connectivity index (χ1n) is 6.43. The molecular formula is C11H22Cl2N4O2S2. The molecule has 1 aliphatic rings. The fourth-order valence-corrected chi connectivity index (χ4v) is 4.21. The molecule has 124 valence electrons. The molecule has 0 aliphatic carbocycles. The van der Waals surface area contributed by atoms with Crippen LogP contribution in [-0.2, 0) is 10.0 Å². The summed E-state index contributed by atoms with van der Waals surface area (Å²) in [4.78, 5) is 6.32. The number of hydrogen-bond acceptors (Lipinski definition) is 6. The molecule has 6 nitrogen and oxygen atoms in total. The van der Waals surface area contributed by atoms with Crippen LogP contribution in [0.15, 0.2) is 10.4 Å². The molecular weight excluding hydrogens is 355 g/mol. The lowest BCUT2D eigenvalue weighted by molar-refractivity contribution is 0.239. The van der Waals surface area contributed by atoms with Crippen LogP contribution < -0.4 is 10.0 Å². The largest absolute Gasteiger partial charge is 0.314 e. The van der Waals surface area contributed by atoms with Crippen molar-refractivity contribution in [1.82, 2.24) is 19.9 Å². The van der Waals surface area contributed by atoms with Crippen molar-refractivity contribution in [3.63, 3.8) is 0 Å². The molecule has 1 fully saturated rings. The Hall–Kier alpha value is 0.0400. The number of rotatable bonds is 6. The summed E-state index contributed by atoms with van der Waals surface area (Å²) in [7, 11) is -3.37. The van der Waals surface area contributed by atoms with Crippen LogP contribution in [0.3, 0.4) is 0 Å². The standard InChI is InChI=1S/C11H20N4O2S2.2ClH/c1-10-13-9-11(18-10)19(16,17)14-3-2-6-15-7-4-12-5-8-15;;/h9,12,14H,2-8H2,1H3;2*1H. The van der Waals surface area contributed by atoms with Gasteiger partial charge in [-0.15, -0.1) is 36.2 Å². The Morgan fingerprint density at radius 3 is 2.62 bits per heavy atom. The summed E-state index contributed by atoms with van der Waals surface area (Å²) in [5.74, 6) is 0. The molecule has 2 N–H and O–H groups in total. The van der Waals surface area contributed by atoms with Gasteiger partial charge in [-0.2, -0.15) is 0 Å². The van der Waals surface area contributed by atoms with Crippen molar-refractivity contribution in [2.75, 3.05) is 39.3 Å². The average molecular weight is 377 g/mol. The van der Waals surface area contributed by atoms with Gasteiger partial charge in [-0.05, 0) is 19.9 Å². The third kappa shape index (κ3) is 6.77. The number of nitrogens with one attached hydrogen (secondary N) is 2. The van der Waals surface area contributed by atoms with Gasteiger partial charge >= 0.3 is 0 Å². The van der Waals surface area contributed by atoms with Crippen molar-refractivity contribution < 1.29 is 8.42 Å². The Kier molecular flexibility index (Phi) is 9.96. The van der Waals surface area contributed by atoms with Crippen LogP contribution in [0.25, 0.3) is 0 Å². The van der Waals surface area contributed by atoms with Crippen molar-refractivity contribution >= 4 is 46.2 Å². The van der Waals surface area contributed by atoms with E-state index in [0.29, 0.717) is 10.8 Å². The molecule has 0 radical (unpaired) electrons. The second-order valence-electron chi connectivity index (χ2n) is 4.54. The number of hydrogen-bond donors (Lipinski definition) is 2. The summed E-state index contributed by atoms with van der Waals surface area (Å²) in [5.41, 5.74) is 0. The third-order valence-electron chi connectivity index (χ3n) is 3.02. The van der Waals surface area contributed by atoms with Crippen LogP contribution in [0, 0.1) is 6.92 Å². The van der Waals surface area contributed by atoms with Gasteiger partial charge in [-0.3, -0.25) is 0 Å². The molecule has 2 rings (SSSR count). The van der Waals surface area contributed by atoms with Crippen molar-refractivity contribution in [2.45, 2.75) is 17.6 Å². The Labute approximate surface area is 142 Å². The van der Waals surface area contributed by atoms with Gasteiger partial charge in [-0.1, -0.05) is 0 Å². The maximum absolute atomic E-state index is 11.9. The van der Waals surface area contributed by atoms with Gasteiger partial charge in [0.25, 0.3) is 10.0 Å². The summed E-state index contributed by atoms with van der Waals surface area (Å²) in [5, 5.41) is 4.06. The van der Waals surface area contributed by atoms with Gasteiger partial charge in [0, 0.05) is 32.7 Å². The predicted molar refractivity (Wildman–Crippen MR) is 90.5 cm³/mol. The number of thiazole rings is 1. The highest BCUT2D eigenvalue weighted by Gasteiger charge is 2.16. The van der Waals surface area contributed by atoms with Crippen molar-refractivity contribution in [1.29, 1.82) is 0 Å². The summed E-state index contributed by atoms with van der Waals surface area (Å²) < 4.78 is 26.8. The van der Waals surface area contributed by atoms with Crippen LogP contribution in [-0.4, -0.2) is 57.6 Å². The molecule has 0 bridgehead atoms. The first-order chi connectivity index (χ1) is 9.08. The quantitative estimate of drug-likeness (QED) is 0.720. The highest BCUT2D eigenvalue weighted by atomic mass is 35.5. The number of nitrogens with zero attached hydrogens (tertiary/aromatic N) is 2. The minimum Gasteiger partial charge on any atom is -0.314 e. The molecule has 0 unspecified atom stereocenters. The van der Waals surface area contributed by atoms with Crippen molar-refractivity contribution in [2.24, 2.45) is 0 Å². The zero-order valence-electron chi connectivity index (χ0n) is 11.9. The monoisotopic (exact) mass is 376 g/mol. The van der Waals surface area contributed by atoms with E-state index in [1.807, 2.05) is 0 Å². The van der Waals surface area contributed by atoms with Crippen LogP contribution in [0.5, 0.6) is 0 Å². The highest BCUT2D eigenvalue weighted by Crippen LogP contribution is 2.17. The fourth-order valence-electron chi connectivity index (χ4n) is 1.98. The molecule has 1 saturated heterocycles. The van der Waals surface area contributed by atoms with Crippen LogP contribution in [0.4, 0.5) is 0 Å². The first-order valence-corrected chi connectivity index (χ1v) is 8.73. The molecule has 0 amide bonds. The topological polar surface area (TPSA) is 74.3 Å². The molecule has 21 heavy (non-hydrogen) atoms. The minimum absolute atomic E-state index is 0. The summed E-state index contributed by atoms with van der Waals surface area (Å²) in [6.45, 7) is 7.34. The first kappa shape index (κ1) is 21.0.